The fourth-order valence-electron chi connectivity index (χ4n) is 2.43. The Labute approximate surface area is 117 Å². The van der Waals surface area contributed by atoms with Gasteiger partial charge in [-0.25, -0.2) is 0 Å². The van der Waals surface area contributed by atoms with Crippen LogP contribution < -0.4 is 5.73 Å². The molecule has 0 spiro atoms. The molecule has 0 saturated heterocycles. The minimum absolute atomic E-state index is 0.0238. The highest BCUT2D eigenvalue weighted by molar-refractivity contribution is 5.94. The van der Waals surface area contributed by atoms with Crippen LogP contribution in [-0.4, -0.2) is 10.8 Å². The zero-order valence-electron chi connectivity index (χ0n) is 10.8. The summed E-state index contributed by atoms with van der Waals surface area (Å²) in [5.41, 5.74) is 9.88. The van der Waals surface area contributed by atoms with Gasteiger partial charge >= 0.3 is 0 Å². The summed E-state index contributed by atoms with van der Waals surface area (Å²) < 4.78 is 0. The maximum atomic E-state index is 12.4. The third-order valence-corrected chi connectivity index (χ3v) is 3.50. The minimum Gasteiger partial charge on any atom is -0.399 e. The average Bonchev–Trinajstić information content (AvgIpc) is 2.89. The van der Waals surface area contributed by atoms with Gasteiger partial charge in [-0.05, 0) is 47.5 Å². The Morgan fingerprint density at radius 3 is 2.50 bits per heavy atom. The molecule has 20 heavy (non-hydrogen) atoms. The first-order valence-electron chi connectivity index (χ1n) is 6.34. The van der Waals surface area contributed by atoms with Crippen LogP contribution in [0.1, 0.15) is 27.0 Å². The van der Waals surface area contributed by atoms with E-state index in [4.69, 9.17) is 11.0 Å². The number of nitrogens with zero attached hydrogens (tertiary/aromatic N) is 2. The van der Waals surface area contributed by atoms with Gasteiger partial charge in [0.2, 0.25) is 0 Å². The van der Waals surface area contributed by atoms with Gasteiger partial charge in [-0.3, -0.25) is 4.79 Å². The number of anilines is 1. The quantitative estimate of drug-likeness (QED) is 0.802. The Bertz CT molecular complexity index is 713. The van der Waals surface area contributed by atoms with Gasteiger partial charge in [0, 0.05) is 24.3 Å². The van der Waals surface area contributed by atoms with E-state index in [0.29, 0.717) is 24.2 Å². The maximum absolute atomic E-state index is 12.4. The van der Waals surface area contributed by atoms with Crippen molar-refractivity contribution in [2.24, 2.45) is 0 Å². The molecule has 0 fully saturated rings. The van der Waals surface area contributed by atoms with Crippen LogP contribution in [-0.2, 0) is 13.1 Å². The first-order valence-corrected chi connectivity index (χ1v) is 6.34. The maximum Gasteiger partial charge on any atom is 0.254 e. The molecule has 0 unspecified atom stereocenters. The Morgan fingerprint density at radius 1 is 1.10 bits per heavy atom. The van der Waals surface area contributed by atoms with Crippen LogP contribution in [0.4, 0.5) is 5.69 Å². The lowest BCUT2D eigenvalue weighted by Crippen LogP contribution is -2.25. The first-order chi connectivity index (χ1) is 9.67. The van der Waals surface area contributed by atoms with Crippen molar-refractivity contribution in [2.45, 2.75) is 13.1 Å². The normalized spacial score (nSPS) is 12.8. The van der Waals surface area contributed by atoms with Crippen molar-refractivity contribution >= 4 is 11.6 Å². The second-order valence-corrected chi connectivity index (χ2v) is 4.88. The van der Waals surface area contributed by atoms with Gasteiger partial charge in [0.1, 0.15) is 0 Å². The Hall–Kier alpha value is -2.80. The summed E-state index contributed by atoms with van der Waals surface area (Å²) in [5.74, 6) is -0.0238. The van der Waals surface area contributed by atoms with Gasteiger partial charge in [-0.2, -0.15) is 5.26 Å². The molecule has 0 atom stereocenters. The van der Waals surface area contributed by atoms with E-state index in [2.05, 4.69) is 0 Å². The van der Waals surface area contributed by atoms with E-state index in [1.807, 2.05) is 24.3 Å². The van der Waals surface area contributed by atoms with Gasteiger partial charge in [0.25, 0.3) is 5.91 Å². The third-order valence-electron chi connectivity index (χ3n) is 3.50. The van der Waals surface area contributed by atoms with Crippen molar-refractivity contribution in [3.05, 3.63) is 64.7 Å². The summed E-state index contributed by atoms with van der Waals surface area (Å²) >= 11 is 0. The summed E-state index contributed by atoms with van der Waals surface area (Å²) in [6, 6.07) is 14.5. The van der Waals surface area contributed by atoms with Crippen LogP contribution >= 0.6 is 0 Å². The molecule has 1 aliphatic heterocycles. The van der Waals surface area contributed by atoms with E-state index in [-0.39, 0.29) is 5.91 Å². The predicted molar refractivity (Wildman–Crippen MR) is 75.6 cm³/mol. The molecule has 2 N–H and O–H groups in total. The number of nitrogens with two attached hydrogens (primary N) is 1. The van der Waals surface area contributed by atoms with Crippen LogP contribution in [0.15, 0.2) is 42.5 Å². The number of carbonyl (C=O) groups excluding carboxylic acids is 1. The predicted octanol–water partition coefficient (Wildman–Crippen LogP) is 2.30. The Balaban J connectivity index is 1.81. The topological polar surface area (TPSA) is 70.1 Å². The number of hydrogen-bond donors (Lipinski definition) is 1. The largest absolute Gasteiger partial charge is 0.399 e. The molecule has 2 aromatic carbocycles. The molecule has 98 valence electrons. The van der Waals surface area contributed by atoms with E-state index in [1.54, 1.807) is 29.2 Å². The van der Waals surface area contributed by atoms with Crippen molar-refractivity contribution < 1.29 is 4.79 Å². The fourth-order valence-corrected chi connectivity index (χ4v) is 2.43. The van der Waals surface area contributed by atoms with Crippen molar-refractivity contribution in [3.63, 3.8) is 0 Å². The summed E-state index contributed by atoms with van der Waals surface area (Å²) in [5, 5.41) is 8.77. The molecule has 2 aromatic rings. The van der Waals surface area contributed by atoms with Gasteiger partial charge in [0.05, 0.1) is 11.6 Å². The monoisotopic (exact) mass is 263 g/mol. The first kappa shape index (κ1) is 12.2. The number of nitrogen functional groups attached to an aromatic ring is 1. The highest BCUT2D eigenvalue weighted by Gasteiger charge is 2.24. The van der Waals surface area contributed by atoms with Gasteiger partial charge in [-0.15, -0.1) is 0 Å². The molecule has 0 aliphatic carbocycles. The number of nitriles is 1. The summed E-state index contributed by atoms with van der Waals surface area (Å²) in [6.45, 7) is 1.19. The lowest BCUT2D eigenvalue weighted by atomic mass is 10.1. The molecule has 1 amide bonds. The van der Waals surface area contributed by atoms with Crippen LogP contribution in [0, 0.1) is 11.3 Å². The SMILES string of the molecule is N#Cc1ccc(C(=O)N2Cc3ccc(N)cc3C2)cc1. The Morgan fingerprint density at radius 2 is 1.80 bits per heavy atom. The molecule has 0 aromatic heterocycles. The molecular weight excluding hydrogens is 250 g/mol. The molecule has 1 heterocycles. The molecule has 0 bridgehead atoms. The smallest absolute Gasteiger partial charge is 0.254 e. The lowest BCUT2D eigenvalue weighted by Gasteiger charge is -2.15. The van der Waals surface area contributed by atoms with Crippen LogP contribution in [0.5, 0.6) is 0 Å². The van der Waals surface area contributed by atoms with Gasteiger partial charge in [0.15, 0.2) is 0 Å². The second kappa shape index (κ2) is 4.71. The standard InChI is InChI=1S/C16H13N3O/c17-8-11-1-3-12(4-2-11)16(20)19-9-13-5-6-15(18)7-14(13)10-19/h1-7H,9-10,18H2. The number of fused-ring (bicyclic) bond motifs is 1. The molecule has 4 heteroatoms. The molecule has 3 rings (SSSR count). The molecular formula is C16H13N3O. The second-order valence-electron chi connectivity index (χ2n) is 4.88. The van der Waals surface area contributed by atoms with E-state index in [0.717, 1.165) is 16.8 Å². The molecule has 0 radical (unpaired) electrons. The zero-order chi connectivity index (χ0) is 14.1. The van der Waals surface area contributed by atoms with Crippen molar-refractivity contribution in [1.82, 2.24) is 4.90 Å². The molecule has 1 aliphatic rings. The number of hydrogen-bond acceptors (Lipinski definition) is 3. The lowest BCUT2D eigenvalue weighted by molar-refractivity contribution is 0.0751. The van der Waals surface area contributed by atoms with Crippen LogP contribution in [0.3, 0.4) is 0 Å². The number of carbonyl (C=O) groups is 1. The summed E-state index contributed by atoms with van der Waals surface area (Å²) in [6.07, 6.45) is 0. The highest BCUT2D eigenvalue weighted by Crippen LogP contribution is 2.26. The number of rotatable bonds is 1. The summed E-state index contributed by atoms with van der Waals surface area (Å²) in [4.78, 5) is 14.2. The number of benzene rings is 2. The van der Waals surface area contributed by atoms with E-state index >= 15 is 0 Å². The Kier molecular flexibility index (Phi) is 2.88. The van der Waals surface area contributed by atoms with Gasteiger partial charge < -0.3 is 10.6 Å². The molecule has 0 saturated carbocycles. The summed E-state index contributed by atoms with van der Waals surface area (Å²) in [7, 11) is 0. The zero-order valence-corrected chi connectivity index (χ0v) is 10.8. The number of amides is 1. The van der Waals surface area contributed by atoms with Crippen molar-refractivity contribution in [3.8, 4) is 6.07 Å². The highest BCUT2D eigenvalue weighted by atomic mass is 16.2. The van der Waals surface area contributed by atoms with E-state index < -0.39 is 0 Å². The average molecular weight is 263 g/mol. The van der Waals surface area contributed by atoms with Crippen molar-refractivity contribution in [2.75, 3.05) is 5.73 Å². The van der Waals surface area contributed by atoms with E-state index in [9.17, 15) is 4.79 Å². The van der Waals surface area contributed by atoms with Crippen LogP contribution in [0.25, 0.3) is 0 Å². The fraction of sp³-hybridized carbons (Fsp3) is 0.125. The third kappa shape index (κ3) is 2.10. The van der Waals surface area contributed by atoms with Crippen molar-refractivity contribution in [1.29, 1.82) is 5.26 Å². The minimum atomic E-state index is -0.0238. The van der Waals surface area contributed by atoms with Crippen LogP contribution in [0.2, 0.25) is 0 Å². The van der Waals surface area contributed by atoms with Gasteiger partial charge in [-0.1, -0.05) is 6.07 Å². The molecule has 4 nitrogen and oxygen atoms in total. The van der Waals surface area contributed by atoms with E-state index in [1.165, 1.54) is 0 Å².